The number of carbonyl (C=O) groups excluding carboxylic acids is 3. The standard InChI is InChI=1S/C27H34N3O7P/c1-20-16-24(36-26(20)30(19-31)15-14-25(32)28-3)18-35-38(37-23-12-8-5-9-13-23)29-21(2)27(33)34-17-22-10-6-4-7-11-22/h4-15,19-21,24,26,29H,16-18H2,1-3H3,(H,28,32)/b15-14-. The Labute approximate surface area is 224 Å². The smallest absolute Gasteiger partial charge is 0.323 e. The summed E-state index contributed by atoms with van der Waals surface area (Å²) < 4.78 is 23.5. The van der Waals surface area contributed by atoms with E-state index < -0.39 is 26.8 Å². The maximum absolute atomic E-state index is 12.6. The van der Waals surface area contributed by atoms with Gasteiger partial charge in [0.05, 0.1) is 12.7 Å². The number of nitrogens with one attached hydrogen (secondary N) is 2. The maximum Gasteiger partial charge on any atom is 0.323 e. The summed E-state index contributed by atoms with van der Waals surface area (Å²) in [6.45, 7) is 3.98. The van der Waals surface area contributed by atoms with Gasteiger partial charge >= 0.3 is 14.5 Å². The van der Waals surface area contributed by atoms with Crippen molar-refractivity contribution in [3.05, 3.63) is 78.5 Å². The lowest BCUT2D eigenvalue weighted by molar-refractivity contribution is -0.146. The maximum atomic E-state index is 12.6. The Bertz CT molecular complexity index is 1060. The predicted molar refractivity (Wildman–Crippen MR) is 142 cm³/mol. The van der Waals surface area contributed by atoms with E-state index in [4.69, 9.17) is 18.5 Å². The Morgan fingerprint density at radius 1 is 1.16 bits per heavy atom. The molecule has 1 heterocycles. The summed E-state index contributed by atoms with van der Waals surface area (Å²) in [5, 5.41) is 5.56. The second-order valence-corrected chi connectivity index (χ2v) is 9.96. The van der Waals surface area contributed by atoms with Crippen molar-refractivity contribution in [2.75, 3.05) is 13.7 Å². The molecule has 2 N–H and O–H groups in total. The largest absolute Gasteiger partial charge is 0.460 e. The number of likely N-dealkylation sites (N-methyl/N-ethyl adjacent to an activating group) is 1. The number of hydrogen-bond acceptors (Lipinski definition) is 8. The van der Waals surface area contributed by atoms with Gasteiger partial charge in [-0.25, -0.2) is 5.09 Å². The van der Waals surface area contributed by atoms with Crippen LogP contribution in [0.4, 0.5) is 0 Å². The fourth-order valence-corrected chi connectivity index (χ4v) is 4.91. The van der Waals surface area contributed by atoms with Crippen LogP contribution in [0.1, 0.15) is 25.8 Å². The van der Waals surface area contributed by atoms with Gasteiger partial charge < -0.3 is 23.8 Å². The summed E-state index contributed by atoms with van der Waals surface area (Å²) in [5.74, 6) is -0.171. The number of amides is 2. The van der Waals surface area contributed by atoms with Crippen LogP contribution >= 0.6 is 8.53 Å². The Morgan fingerprint density at radius 2 is 1.84 bits per heavy atom. The summed E-state index contributed by atoms with van der Waals surface area (Å²) in [6.07, 6.45) is 3.06. The highest BCUT2D eigenvalue weighted by molar-refractivity contribution is 7.45. The van der Waals surface area contributed by atoms with Gasteiger partial charge in [-0.2, -0.15) is 0 Å². The minimum Gasteiger partial charge on any atom is -0.460 e. The lowest BCUT2D eigenvalue weighted by atomic mass is 10.1. The molecule has 0 bridgehead atoms. The normalized spacial score (nSPS) is 20.4. The average molecular weight is 544 g/mol. The highest BCUT2D eigenvalue weighted by Crippen LogP contribution is 2.38. The summed E-state index contributed by atoms with van der Waals surface area (Å²) >= 11 is 0. The third kappa shape index (κ3) is 9.22. The SMILES string of the molecule is CNC(=O)/C=C\N(C=O)C1OC(COP(NC(C)C(=O)OCc2ccccc2)Oc2ccccc2)CC1C. The topological polar surface area (TPSA) is 115 Å². The van der Waals surface area contributed by atoms with Crippen molar-refractivity contribution in [3.63, 3.8) is 0 Å². The first-order valence-electron chi connectivity index (χ1n) is 12.3. The molecular weight excluding hydrogens is 509 g/mol. The van der Waals surface area contributed by atoms with Gasteiger partial charge in [-0.15, -0.1) is 0 Å². The van der Waals surface area contributed by atoms with E-state index in [0.717, 1.165) is 5.56 Å². The first kappa shape index (κ1) is 29.3. The molecule has 5 atom stereocenters. The van der Waals surface area contributed by atoms with Crippen molar-refractivity contribution in [2.24, 2.45) is 5.92 Å². The van der Waals surface area contributed by atoms with Gasteiger partial charge in [-0.1, -0.05) is 55.5 Å². The lowest BCUT2D eigenvalue weighted by Crippen LogP contribution is -2.35. The van der Waals surface area contributed by atoms with E-state index >= 15 is 0 Å². The van der Waals surface area contributed by atoms with E-state index in [-0.39, 0.29) is 31.1 Å². The number of carbonyl (C=O) groups is 3. The highest BCUT2D eigenvalue weighted by Gasteiger charge is 2.36. The minimum absolute atomic E-state index is 0.00394. The third-order valence-corrected chi connectivity index (χ3v) is 7.06. The molecule has 1 saturated heterocycles. The fraction of sp³-hybridized carbons (Fsp3) is 0.370. The molecule has 0 saturated carbocycles. The van der Waals surface area contributed by atoms with Crippen LogP contribution in [0.2, 0.25) is 0 Å². The van der Waals surface area contributed by atoms with Gasteiger partial charge in [-0.05, 0) is 31.0 Å². The third-order valence-electron chi connectivity index (χ3n) is 5.70. The number of nitrogens with zero attached hydrogens (tertiary/aromatic N) is 1. The van der Waals surface area contributed by atoms with E-state index in [9.17, 15) is 14.4 Å². The molecule has 0 aromatic heterocycles. The molecule has 0 aliphatic carbocycles. The highest BCUT2D eigenvalue weighted by atomic mass is 31.2. The van der Waals surface area contributed by atoms with Crippen LogP contribution in [0.15, 0.2) is 72.9 Å². The zero-order valence-electron chi connectivity index (χ0n) is 21.7. The predicted octanol–water partition coefficient (Wildman–Crippen LogP) is 3.50. The first-order valence-corrected chi connectivity index (χ1v) is 13.5. The van der Waals surface area contributed by atoms with Crippen molar-refractivity contribution in [1.82, 2.24) is 15.3 Å². The first-order chi connectivity index (χ1) is 18.4. The van der Waals surface area contributed by atoms with E-state index in [1.165, 1.54) is 24.2 Å². The van der Waals surface area contributed by atoms with Crippen molar-refractivity contribution in [2.45, 2.75) is 45.2 Å². The summed E-state index contributed by atoms with van der Waals surface area (Å²) in [5.41, 5.74) is 0.892. The quantitative estimate of drug-likeness (QED) is 0.161. The summed E-state index contributed by atoms with van der Waals surface area (Å²) in [4.78, 5) is 37.1. The minimum atomic E-state index is -1.74. The van der Waals surface area contributed by atoms with Crippen molar-refractivity contribution in [3.8, 4) is 5.75 Å². The van der Waals surface area contributed by atoms with Crippen LogP contribution in [-0.4, -0.2) is 55.2 Å². The molecule has 0 spiro atoms. The fourth-order valence-electron chi connectivity index (χ4n) is 3.69. The van der Waals surface area contributed by atoms with Crippen LogP contribution in [-0.2, 0) is 35.0 Å². The molecule has 1 aliphatic heterocycles. The Hall–Kier alpha value is -3.30. The van der Waals surface area contributed by atoms with Gasteiger partial charge in [0.15, 0.2) is 0 Å². The molecule has 0 radical (unpaired) electrons. The molecule has 2 aromatic carbocycles. The molecule has 1 fully saturated rings. The number of hydrogen-bond donors (Lipinski definition) is 2. The lowest BCUT2D eigenvalue weighted by Gasteiger charge is -2.25. The second kappa shape index (κ2) is 15.2. The van der Waals surface area contributed by atoms with Gasteiger partial charge in [0.2, 0.25) is 12.3 Å². The molecule has 204 valence electrons. The summed E-state index contributed by atoms with van der Waals surface area (Å²) in [6, 6.07) is 17.9. The molecule has 38 heavy (non-hydrogen) atoms. The van der Waals surface area contributed by atoms with Crippen LogP contribution in [0, 0.1) is 5.92 Å². The molecule has 1 aliphatic rings. The molecular formula is C27H34N3O7P. The van der Waals surface area contributed by atoms with Crippen LogP contribution in [0.3, 0.4) is 0 Å². The molecule has 11 heteroatoms. The number of benzene rings is 2. The number of ether oxygens (including phenoxy) is 2. The zero-order valence-corrected chi connectivity index (χ0v) is 22.6. The van der Waals surface area contributed by atoms with E-state index in [0.29, 0.717) is 18.6 Å². The number of para-hydroxylation sites is 1. The molecule has 5 unspecified atom stereocenters. The molecule has 3 rings (SSSR count). The Balaban J connectivity index is 1.58. The van der Waals surface area contributed by atoms with Crippen LogP contribution < -0.4 is 14.9 Å². The van der Waals surface area contributed by atoms with Crippen molar-refractivity contribution in [1.29, 1.82) is 0 Å². The molecule has 2 amide bonds. The Morgan fingerprint density at radius 3 is 2.50 bits per heavy atom. The van der Waals surface area contributed by atoms with E-state index in [1.807, 2.05) is 55.5 Å². The van der Waals surface area contributed by atoms with Gasteiger partial charge in [-0.3, -0.25) is 19.3 Å². The monoisotopic (exact) mass is 543 g/mol. The Kier molecular flexibility index (Phi) is 11.7. The van der Waals surface area contributed by atoms with Crippen molar-refractivity contribution >= 4 is 26.8 Å². The van der Waals surface area contributed by atoms with Crippen molar-refractivity contribution < 1.29 is 32.9 Å². The zero-order chi connectivity index (χ0) is 27.3. The molecule has 2 aromatic rings. The number of rotatable bonds is 14. The van der Waals surface area contributed by atoms with Crippen LogP contribution in [0.25, 0.3) is 0 Å². The van der Waals surface area contributed by atoms with Gasteiger partial charge in [0, 0.05) is 25.2 Å². The van der Waals surface area contributed by atoms with E-state index in [2.05, 4.69) is 10.4 Å². The van der Waals surface area contributed by atoms with E-state index in [1.54, 1.807) is 19.1 Å². The number of esters is 1. The second-order valence-electron chi connectivity index (χ2n) is 8.75. The summed E-state index contributed by atoms with van der Waals surface area (Å²) in [7, 11) is -0.228. The van der Waals surface area contributed by atoms with Crippen LogP contribution in [0.5, 0.6) is 5.75 Å². The molecule has 10 nitrogen and oxygen atoms in total. The van der Waals surface area contributed by atoms with Gasteiger partial charge in [0.1, 0.15) is 24.6 Å². The average Bonchev–Trinajstić information content (AvgIpc) is 3.31. The van der Waals surface area contributed by atoms with Gasteiger partial charge in [0.25, 0.3) is 0 Å².